The number of aromatic nitrogens is 1. The summed E-state index contributed by atoms with van der Waals surface area (Å²) in [5.74, 6) is -2.03. The number of carbonyl (C=O) groups is 1. The third kappa shape index (κ3) is 4.00. The molecular weight excluding hydrogens is 366 g/mol. The number of carbonyl (C=O) groups excluding carboxylic acids is 1. The molecule has 1 N–H and O–H groups in total. The Hall–Kier alpha value is -2.93. The quantitative estimate of drug-likeness (QED) is 0.700. The molecule has 2 aromatic carbocycles. The summed E-state index contributed by atoms with van der Waals surface area (Å²) in [6.45, 7) is 1.55. The summed E-state index contributed by atoms with van der Waals surface area (Å²) in [6.07, 6.45) is -0.855. The van der Waals surface area contributed by atoms with Gasteiger partial charge in [-0.25, -0.2) is 8.78 Å². The number of rotatable bonds is 5. The molecule has 1 atom stereocenters. The van der Waals surface area contributed by atoms with Gasteiger partial charge in [0.05, 0.1) is 5.02 Å². The van der Waals surface area contributed by atoms with Gasteiger partial charge in [-0.2, -0.15) is 0 Å². The van der Waals surface area contributed by atoms with Crippen LogP contribution in [-0.4, -0.2) is 17.2 Å². The normalized spacial score (nSPS) is 11.8. The Kier molecular flexibility index (Phi) is 5.18. The highest BCUT2D eigenvalue weighted by Gasteiger charge is 2.18. The third-order valence-corrected chi connectivity index (χ3v) is 3.79. The average Bonchev–Trinajstić information content (AvgIpc) is 3.07. The molecule has 5 nitrogen and oxygen atoms in total. The lowest BCUT2D eigenvalue weighted by Crippen LogP contribution is -2.30. The van der Waals surface area contributed by atoms with Crippen molar-refractivity contribution in [1.82, 2.24) is 5.16 Å². The zero-order valence-corrected chi connectivity index (χ0v) is 14.3. The van der Waals surface area contributed by atoms with Gasteiger partial charge in [-0.1, -0.05) is 28.9 Å². The van der Waals surface area contributed by atoms with E-state index in [0.29, 0.717) is 16.3 Å². The number of nitrogens with zero attached hydrogens (tertiary/aromatic N) is 1. The molecular formula is C18H13ClF2N2O3. The fourth-order valence-corrected chi connectivity index (χ4v) is 2.31. The summed E-state index contributed by atoms with van der Waals surface area (Å²) < 4.78 is 36.8. The molecule has 0 saturated heterocycles. The van der Waals surface area contributed by atoms with Crippen LogP contribution in [0.15, 0.2) is 53.1 Å². The van der Waals surface area contributed by atoms with Gasteiger partial charge < -0.3 is 9.26 Å². The van der Waals surface area contributed by atoms with Gasteiger partial charge in [-0.05, 0) is 37.3 Å². The van der Waals surface area contributed by atoms with E-state index < -0.39 is 23.6 Å². The van der Waals surface area contributed by atoms with Crippen LogP contribution in [0.25, 0.3) is 11.3 Å². The summed E-state index contributed by atoms with van der Waals surface area (Å²) in [7, 11) is 0. The van der Waals surface area contributed by atoms with Gasteiger partial charge in [-0.15, -0.1) is 0 Å². The van der Waals surface area contributed by atoms with Crippen LogP contribution < -0.4 is 10.1 Å². The van der Waals surface area contributed by atoms with Crippen LogP contribution in [0, 0.1) is 11.6 Å². The van der Waals surface area contributed by atoms with E-state index in [4.69, 9.17) is 20.9 Å². The molecule has 134 valence electrons. The molecule has 0 unspecified atom stereocenters. The Bertz CT molecular complexity index is 946. The van der Waals surface area contributed by atoms with Gasteiger partial charge in [0, 0.05) is 11.6 Å². The number of hydrogen-bond donors (Lipinski definition) is 1. The highest BCUT2D eigenvalue weighted by Crippen LogP contribution is 2.25. The molecule has 0 aliphatic carbocycles. The first kappa shape index (κ1) is 17.9. The topological polar surface area (TPSA) is 64.4 Å². The van der Waals surface area contributed by atoms with Crippen molar-refractivity contribution in [2.45, 2.75) is 13.0 Å². The van der Waals surface area contributed by atoms with Crippen molar-refractivity contribution in [2.75, 3.05) is 5.32 Å². The molecule has 1 heterocycles. The van der Waals surface area contributed by atoms with E-state index in [1.807, 2.05) is 0 Å². The lowest BCUT2D eigenvalue weighted by atomic mass is 10.1. The second-order valence-electron chi connectivity index (χ2n) is 5.39. The number of para-hydroxylation sites is 1. The van der Waals surface area contributed by atoms with E-state index in [0.717, 1.165) is 12.1 Å². The maximum absolute atomic E-state index is 13.3. The Morgan fingerprint density at radius 2 is 1.96 bits per heavy atom. The molecule has 8 heteroatoms. The van der Waals surface area contributed by atoms with E-state index in [-0.39, 0.29) is 11.6 Å². The molecule has 0 aliphatic rings. The van der Waals surface area contributed by atoms with E-state index in [1.165, 1.54) is 12.1 Å². The minimum absolute atomic E-state index is 0.0457. The van der Waals surface area contributed by atoms with Gasteiger partial charge in [0.1, 0.15) is 11.4 Å². The first-order valence-electron chi connectivity index (χ1n) is 7.58. The van der Waals surface area contributed by atoms with Gasteiger partial charge in [-0.3, -0.25) is 10.1 Å². The number of ether oxygens (including phenoxy) is 1. The summed E-state index contributed by atoms with van der Waals surface area (Å²) in [6, 6.07) is 11.5. The lowest BCUT2D eigenvalue weighted by molar-refractivity contribution is -0.122. The Labute approximate surface area is 152 Å². The fourth-order valence-electron chi connectivity index (χ4n) is 2.13. The molecule has 0 fully saturated rings. The van der Waals surface area contributed by atoms with E-state index >= 15 is 0 Å². The van der Waals surface area contributed by atoms with E-state index in [9.17, 15) is 13.6 Å². The zero-order chi connectivity index (χ0) is 18.7. The van der Waals surface area contributed by atoms with Crippen molar-refractivity contribution in [3.63, 3.8) is 0 Å². The molecule has 0 bridgehead atoms. The van der Waals surface area contributed by atoms with E-state index in [1.54, 1.807) is 31.2 Å². The second kappa shape index (κ2) is 7.53. The molecule has 0 saturated carbocycles. The van der Waals surface area contributed by atoms with Crippen molar-refractivity contribution < 1.29 is 22.8 Å². The number of amides is 1. The third-order valence-electron chi connectivity index (χ3n) is 3.48. The summed E-state index contributed by atoms with van der Waals surface area (Å²) in [4.78, 5) is 12.2. The SMILES string of the molecule is C[C@@H](Oc1ccccc1Cl)C(=O)Nc1cc(-c2ccc(F)c(F)c2)no1. The minimum atomic E-state index is -1.00. The average molecular weight is 379 g/mol. The number of halogens is 3. The number of hydrogen-bond acceptors (Lipinski definition) is 4. The molecule has 3 rings (SSSR count). The Morgan fingerprint density at radius 3 is 2.69 bits per heavy atom. The van der Waals surface area contributed by atoms with Crippen LogP contribution in [-0.2, 0) is 4.79 Å². The first-order chi connectivity index (χ1) is 12.4. The number of nitrogens with one attached hydrogen (secondary N) is 1. The first-order valence-corrected chi connectivity index (χ1v) is 7.96. The number of benzene rings is 2. The lowest BCUT2D eigenvalue weighted by Gasteiger charge is -2.14. The zero-order valence-electron chi connectivity index (χ0n) is 13.5. The van der Waals surface area contributed by atoms with Crippen LogP contribution in [0.1, 0.15) is 6.92 Å². The van der Waals surface area contributed by atoms with Gasteiger partial charge >= 0.3 is 0 Å². The van der Waals surface area contributed by atoms with E-state index in [2.05, 4.69) is 10.5 Å². The summed E-state index contributed by atoms with van der Waals surface area (Å²) in [5, 5.41) is 6.60. The molecule has 1 aromatic heterocycles. The van der Waals surface area contributed by atoms with Crippen LogP contribution >= 0.6 is 11.6 Å². The largest absolute Gasteiger partial charge is 0.479 e. The maximum Gasteiger partial charge on any atom is 0.267 e. The van der Waals surface area contributed by atoms with Crippen molar-refractivity contribution in [3.05, 3.63) is 65.2 Å². The second-order valence-corrected chi connectivity index (χ2v) is 5.79. The van der Waals surface area contributed by atoms with Crippen LogP contribution in [0.5, 0.6) is 5.75 Å². The Balaban J connectivity index is 1.67. The summed E-state index contributed by atoms with van der Waals surface area (Å²) >= 11 is 5.99. The van der Waals surface area contributed by atoms with Crippen LogP contribution in [0.2, 0.25) is 5.02 Å². The highest BCUT2D eigenvalue weighted by atomic mass is 35.5. The summed E-state index contributed by atoms with van der Waals surface area (Å²) in [5.41, 5.74) is 0.562. The minimum Gasteiger partial charge on any atom is -0.479 e. The van der Waals surface area contributed by atoms with Crippen LogP contribution in [0.3, 0.4) is 0 Å². The fraction of sp³-hybridized carbons (Fsp3) is 0.111. The number of anilines is 1. The van der Waals surface area contributed by atoms with Crippen molar-refractivity contribution in [1.29, 1.82) is 0 Å². The predicted octanol–water partition coefficient (Wildman–Crippen LogP) is 4.68. The molecule has 3 aromatic rings. The molecule has 0 radical (unpaired) electrons. The smallest absolute Gasteiger partial charge is 0.267 e. The van der Waals surface area contributed by atoms with Crippen molar-refractivity contribution in [2.24, 2.45) is 0 Å². The van der Waals surface area contributed by atoms with Gasteiger partial charge in [0.2, 0.25) is 5.88 Å². The standard InChI is InChI=1S/C18H13ClF2N2O3/c1-10(25-16-5-3-2-4-12(16)19)18(24)22-17-9-15(23-26-17)11-6-7-13(20)14(21)8-11/h2-10H,1H3,(H,22,24)/t10-/m1/s1. The van der Waals surface area contributed by atoms with Crippen molar-refractivity contribution in [3.8, 4) is 17.0 Å². The van der Waals surface area contributed by atoms with Crippen molar-refractivity contribution >= 4 is 23.4 Å². The molecule has 0 spiro atoms. The van der Waals surface area contributed by atoms with Crippen LogP contribution in [0.4, 0.5) is 14.7 Å². The highest BCUT2D eigenvalue weighted by molar-refractivity contribution is 6.32. The molecule has 26 heavy (non-hydrogen) atoms. The predicted molar refractivity (Wildman–Crippen MR) is 92.0 cm³/mol. The van der Waals surface area contributed by atoms with Gasteiger partial charge in [0.25, 0.3) is 5.91 Å². The molecule has 1 amide bonds. The molecule has 0 aliphatic heterocycles. The maximum atomic E-state index is 13.3. The Morgan fingerprint density at radius 1 is 1.19 bits per heavy atom. The van der Waals surface area contributed by atoms with Gasteiger partial charge in [0.15, 0.2) is 17.7 Å². The monoisotopic (exact) mass is 378 g/mol.